The van der Waals surface area contributed by atoms with Gasteiger partial charge in [-0.1, -0.05) is 36.4 Å². The van der Waals surface area contributed by atoms with E-state index in [0.717, 1.165) is 5.56 Å². The fourth-order valence-corrected chi connectivity index (χ4v) is 3.27. The first-order valence-corrected chi connectivity index (χ1v) is 11.0. The van der Waals surface area contributed by atoms with E-state index in [0.29, 0.717) is 23.5 Å². The Morgan fingerprint density at radius 3 is 2.37 bits per heavy atom. The van der Waals surface area contributed by atoms with E-state index >= 15 is 0 Å². The minimum absolute atomic E-state index is 0.113. The van der Waals surface area contributed by atoms with Crippen molar-refractivity contribution < 1.29 is 24.7 Å². The number of ether oxygens (including phenoxy) is 1. The lowest BCUT2D eigenvalue weighted by atomic mass is 10.1. The average Bonchev–Trinajstić information content (AvgIpc) is 2.87. The van der Waals surface area contributed by atoms with Crippen molar-refractivity contribution in [3.8, 4) is 5.75 Å². The zero-order chi connectivity index (χ0) is 25.0. The zero-order valence-electron chi connectivity index (χ0n) is 19.0. The summed E-state index contributed by atoms with van der Waals surface area (Å²) in [7, 11) is 0. The van der Waals surface area contributed by atoms with Gasteiger partial charge in [-0.25, -0.2) is 4.79 Å². The van der Waals surface area contributed by atoms with E-state index < -0.39 is 17.1 Å². The molecule has 35 heavy (non-hydrogen) atoms. The number of nitro groups is 1. The molecule has 5 N–H and O–H groups in total. The van der Waals surface area contributed by atoms with Crippen LogP contribution in [0.1, 0.15) is 5.56 Å². The first-order chi connectivity index (χ1) is 16.9. The highest BCUT2D eigenvalue weighted by Crippen LogP contribution is 2.18. The predicted octanol–water partition coefficient (Wildman–Crippen LogP) is 3.17. The number of carbonyl (C=O) groups excluding carboxylic acids is 1. The summed E-state index contributed by atoms with van der Waals surface area (Å²) in [5, 5.41) is 39.1. The van der Waals surface area contributed by atoms with Crippen molar-refractivity contribution in [2.75, 3.05) is 30.4 Å². The Bertz CT molecular complexity index is 1090. The summed E-state index contributed by atoms with van der Waals surface area (Å²) in [6.07, 6.45) is -0.219. The van der Waals surface area contributed by atoms with Gasteiger partial charge in [0.05, 0.1) is 11.5 Å². The molecule has 3 rings (SSSR count). The fraction of sp³-hybridized carbons (Fsp3) is 0.240. The number of rotatable bonds is 12. The van der Waals surface area contributed by atoms with Gasteiger partial charge in [-0.3, -0.25) is 10.1 Å². The molecule has 0 aromatic heterocycles. The predicted molar refractivity (Wildman–Crippen MR) is 133 cm³/mol. The molecule has 10 heteroatoms. The van der Waals surface area contributed by atoms with Crippen LogP contribution < -0.4 is 20.7 Å². The minimum Gasteiger partial charge on any atom is -0.491 e. The highest BCUT2D eigenvalue weighted by Gasteiger charge is 2.13. The Hall–Kier alpha value is -3.99. The number of nitrogens with zero attached hydrogens (tertiary/aromatic N) is 1. The number of aliphatic hydroxyl groups excluding tert-OH is 2. The molecule has 184 valence electrons. The second kappa shape index (κ2) is 13.0. The van der Waals surface area contributed by atoms with Crippen molar-refractivity contribution in [2.24, 2.45) is 0 Å². The second-order valence-electron chi connectivity index (χ2n) is 7.85. The Morgan fingerprint density at radius 2 is 1.69 bits per heavy atom. The van der Waals surface area contributed by atoms with Crippen LogP contribution in [0.15, 0.2) is 78.9 Å². The third-order valence-corrected chi connectivity index (χ3v) is 5.06. The largest absolute Gasteiger partial charge is 0.491 e. The fourth-order valence-electron chi connectivity index (χ4n) is 3.27. The summed E-state index contributed by atoms with van der Waals surface area (Å²) in [5.41, 5.74) is 1.66. The Labute approximate surface area is 202 Å². The molecule has 0 heterocycles. The summed E-state index contributed by atoms with van der Waals surface area (Å²) >= 11 is 0. The van der Waals surface area contributed by atoms with Crippen LogP contribution in [-0.2, 0) is 6.42 Å². The number of benzene rings is 3. The molecule has 0 spiro atoms. The highest BCUT2D eigenvalue weighted by molar-refractivity contribution is 5.99. The lowest BCUT2D eigenvalue weighted by Crippen LogP contribution is -2.41. The maximum atomic E-state index is 12.2. The van der Waals surface area contributed by atoms with E-state index in [1.165, 1.54) is 18.2 Å². The third-order valence-electron chi connectivity index (χ3n) is 5.06. The lowest BCUT2D eigenvalue weighted by molar-refractivity contribution is -0.384. The van der Waals surface area contributed by atoms with E-state index in [2.05, 4.69) is 16.0 Å². The summed E-state index contributed by atoms with van der Waals surface area (Å²) < 4.78 is 5.53. The average molecular weight is 481 g/mol. The molecule has 2 amide bonds. The summed E-state index contributed by atoms with van der Waals surface area (Å²) in [5.74, 6) is 0.678. The number of amides is 2. The van der Waals surface area contributed by atoms with Crippen molar-refractivity contribution >= 4 is 23.1 Å². The number of urea groups is 1. The Kier molecular flexibility index (Phi) is 9.55. The van der Waals surface area contributed by atoms with Crippen LogP contribution in [0.5, 0.6) is 5.75 Å². The monoisotopic (exact) mass is 480 g/mol. The molecular formula is C25H28N4O6. The SMILES string of the molecule is O=C(Nc1ccc(C[C@@H](CO)NC[C@H](O)COc2ccccc2)cc1)Nc1cccc([N+](=O)[O-])c1. The molecule has 3 aromatic rings. The van der Waals surface area contributed by atoms with E-state index in [1.54, 1.807) is 18.2 Å². The lowest BCUT2D eigenvalue weighted by Gasteiger charge is -2.19. The quantitative estimate of drug-likeness (QED) is 0.198. The van der Waals surface area contributed by atoms with Crippen molar-refractivity contribution in [3.63, 3.8) is 0 Å². The Balaban J connectivity index is 1.43. The zero-order valence-corrected chi connectivity index (χ0v) is 19.0. The molecule has 0 aliphatic heterocycles. The van der Waals surface area contributed by atoms with Gasteiger partial charge in [-0.2, -0.15) is 0 Å². The molecule has 3 aromatic carbocycles. The van der Waals surface area contributed by atoms with Crippen LogP contribution in [0.4, 0.5) is 21.9 Å². The molecule has 2 atom stereocenters. The van der Waals surface area contributed by atoms with E-state index in [1.807, 2.05) is 42.5 Å². The normalized spacial score (nSPS) is 12.4. The van der Waals surface area contributed by atoms with Crippen LogP contribution in [0.3, 0.4) is 0 Å². The van der Waals surface area contributed by atoms with Crippen LogP contribution >= 0.6 is 0 Å². The number of hydrogen-bond donors (Lipinski definition) is 5. The highest BCUT2D eigenvalue weighted by atomic mass is 16.6. The molecule has 0 saturated carbocycles. The topological polar surface area (TPSA) is 146 Å². The van der Waals surface area contributed by atoms with Gasteiger partial charge >= 0.3 is 6.03 Å². The molecule has 0 bridgehead atoms. The number of nitro benzene ring substituents is 1. The van der Waals surface area contributed by atoms with Crippen LogP contribution in [0.2, 0.25) is 0 Å². The van der Waals surface area contributed by atoms with Gasteiger partial charge in [-0.15, -0.1) is 0 Å². The number of anilines is 2. The van der Waals surface area contributed by atoms with Crippen LogP contribution in [-0.4, -0.2) is 53.1 Å². The molecule has 0 fully saturated rings. The first-order valence-electron chi connectivity index (χ1n) is 11.0. The summed E-state index contributed by atoms with van der Waals surface area (Å²) in [6, 6.07) is 21.2. The van der Waals surface area contributed by atoms with Gasteiger partial charge in [0.15, 0.2) is 0 Å². The molecular weight excluding hydrogens is 452 g/mol. The standard InChI is InChI=1S/C25H28N4O6/c30-16-21(26-15-23(31)17-35-24-7-2-1-3-8-24)13-18-9-11-19(12-10-18)27-25(32)28-20-5-4-6-22(14-20)29(33)34/h1-12,14,21,23,26,30-31H,13,15-17H2,(H2,27,28,32)/t21-,23-/m0/s1. The maximum Gasteiger partial charge on any atom is 0.323 e. The van der Waals surface area contributed by atoms with Crippen LogP contribution in [0.25, 0.3) is 0 Å². The number of hydrogen-bond acceptors (Lipinski definition) is 7. The maximum absolute atomic E-state index is 12.2. The summed E-state index contributed by atoms with van der Waals surface area (Å²) in [4.78, 5) is 22.5. The van der Waals surface area contributed by atoms with E-state index in [9.17, 15) is 25.1 Å². The minimum atomic E-state index is -0.736. The first kappa shape index (κ1) is 25.6. The smallest absolute Gasteiger partial charge is 0.323 e. The van der Waals surface area contributed by atoms with E-state index in [-0.39, 0.29) is 31.5 Å². The van der Waals surface area contributed by atoms with Gasteiger partial charge in [0.1, 0.15) is 18.5 Å². The van der Waals surface area contributed by atoms with Crippen LogP contribution in [0, 0.1) is 10.1 Å². The van der Waals surface area contributed by atoms with Crippen molar-refractivity contribution in [2.45, 2.75) is 18.6 Å². The summed E-state index contributed by atoms with van der Waals surface area (Å²) in [6.45, 7) is 0.279. The number of carbonyl (C=O) groups is 1. The number of non-ortho nitro benzene ring substituents is 1. The second-order valence-corrected chi connectivity index (χ2v) is 7.85. The molecule has 10 nitrogen and oxygen atoms in total. The van der Waals surface area contributed by atoms with Crippen molar-refractivity contribution in [1.82, 2.24) is 5.32 Å². The van der Waals surface area contributed by atoms with E-state index in [4.69, 9.17) is 4.74 Å². The van der Waals surface area contributed by atoms with Gasteiger partial charge in [0.25, 0.3) is 5.69 Å². The van der Waals surface area contributed by atoms with Crippen molar-refractivity contribution in [3.05, 3.63) is 94.5 Å². The molecule has 0 aliphatic carbocycles. The van der Waals surface area contributed by atoms with Gasteiger partial charge in [-0.05, 0) is 42.3 Å². The molecule has 0 aliphatic rings. The molecule has 0 saturated heterocycles. The van der Waals surface area contributed by atoms with Crippen molar-refractivity contribution in [1.29, 1.82) is 0 Å². The number of nitrogens with one attached hydrogen (secondary N) is 3. The Morgan fingerprint density at radius 1 is 0.971 bits per heavy atom. The number of aliphatic hydroxyl groups is 2. The van der Waals surface area contributed by atoms with Gasteiger partial charge in [0.2, 0.25) is 0 Å². The number of para-hydroxylation sites is 1. The van der Waals surface area contributed by atoms with Gasteiger partial charge in [0, 0.05) is 36.1 Å². The third kappa shape index (κ3) is 8.70. The molecule has 0 radical (unpaired) electrons. The molecule has 0 unspecified atom stereocenters. The van der Waals surface area contributed by atoms with Gasteiger partial charge < -0.3 is 30.9 Å².